The molecule has 21 heavy (non-hydrogen) atoms. The fourth-order valence-corrected chi connectivity index (χ4v) is 2.06. The zero-order chi connectivity index (χ0) is 15.7. The minimum absolute atomic E-state index is 0.172. The molecule has 0 aliphatic rings. The van der Waals surface area contributed by atoms with Crippen molar-refractivity contribution in [3.8, 4) is 5.75 Å². The van der Waals surface area contributed by atoms with E-state index in [1.54, 1.807) is 24.3 Å². The molecule has 0 aromatic heterocycles. The minimum Gasteiger partial charge on any atom is -0.480 e. The Morgan fingerprint density at radius 3 is 2.67 bits per heavy atom. The second-order valence-electron chi connectivity index (χ2n) is 4.00. The van der Waals surface area contributed by atoms with Crippen LogP contribution >= 0.6 is 11.8 Å². The van der Waals surface area contributed by atoms with Gasteiger partial charge in [-0.25, -0.2) is 4.79 Å². The van der Waals surface area contributed by atoms with Crippen molar-refractivity contribution < 1.29 is 24.2 Å². The summed E-state index contributed by atoms with van der Waals surface area (Å²) in [7, 11) is 0. The minimum atomic E-state index is -1.10. The molecule has 0 heterocycles. The van der Waals surface area contributed by atoms with Crippen molar-refractivity contribution >= 4 is 35.2 Å². The number of carbonyl (C=O) groups excluding carboxylic acids is 2. The normalized spacial score (nSPS) is 9.90. The monoisotopic (exact) mass is 312 g/mol. The Morgan fingerprint density at radius 2 is 2.00 bits per heavy atom. The smallest absolute Gasteiger partial charge is 0.341 e. The molecule has 0 fully saturated rings. The Labute approximate surface area is 125 Å². The van der Waals surface area contributed by atoms with Crippen LogP contribution in [0.2, 0.25) is 0 Å². The fraction of sp³-hybridized carbons (Fsp3) is 0.308. The predicted molar refractivity (Wildman–Crippen MR) is 79.3 cm³/mol. The van der Waals surface area contributed by atoms with Crippen molar-refractivity contribution in [2.24, 2.45) is 5.73 Å². The van der Waals surface area contributed by atoms with Gasteiger partial charge in [0.15, 0.2) is 6.61 Å². The van der Waals surface area contributed by atoms with Gasteiger partial charge in [-0.15, -0.1) is 0 Å². The highest BCUT2D eigenvalue weighted by Gasteiger charge is 2.09. The van der Waals surface area contributed by atoms with Gasteiger partial charge in [-0.1, -0.05) is 12.1 Å². The Hall–Kier alpha value is -2.22. The van der Waals surface area contributed by atoms with E-state index in [1.807, 2.05) is 0 Å². The van der Waals surface area contributed by atoms with Gasteiger partial charge in [0.05, 0.1) is 11.4 Å². The third-order valence-electron chi connectivity index (χ3n) is 2.23. The fourth-order valence-electron chi connectivity index (χ4n) is 1.39. The molecular weight excluding hydrogens is 296 g/mol. The van der Waals surface area contributed by atoms with Gasteiger partial charge < -0.3 is 20.9 Å². The quantitative estimate of drug-likeness (QED) is 0.577. The van der Waals surface area contributed by atoms with Gasteiger partial charge in [0, 0.05) is 12.2 Å². The maximum absolute atomic E-state index is 11.7. The number of para-hydroxylation sites is 2. The molecule has 0 spiro atoms. The van der Waals surface area contributed by atoms with Gasteiger partial charge >= 0.3 is 5.97 Å². The molecule has 0 unspecified atom stereocenters. The van der Waals surface area contributed by atoms with Gasteiger partial charge in [0.2, 0.25) is 11.8 Å². The van der Waals surface area contributed by atoms with Crippen LogP contribution in [0, 0.1) is 0 Å². The van der Waals surface area contributed by atoms with Crippen LogP contribution in [0.3, 0.4) is 0 Å². The Balaban J connectivity index is 2.47. The molecule has 2 amide bonds. The average Bonchev–Trinajstić information content (AvgIpc) is 2.42. The molecule has 4 N–H and O–H groups in total. The van der Waals surface area contributed by atoms with Gasteiger partial charge in [-0.05, 0) is 12.1 Å². The number of anilines is 1. The summed E-state index contributed by atoms with van der Waals surface area (Å²) in [5, 5.41) is 11.2. The number of carboxylic acid groups (broad SMARTS) is 1. The summed E-state index contributed by atoms with van der Waals surface area (Å²) in [5.41, 5.74) is 5.39. The Kier molecular flexibility index (Phi) is 7.10. The summed E-state index contributed by atoms with van der Waals surface area (Å²) in [4.78, 5) is 32.8. The molecule has 0 radical (unpaired) electrons. The van der Waals surface area contributed by atoms with Crippen LogP contribution in [-0.2, 0) is 14.4 Å². The maximum Gasteiger partial charge on any atom is 0.341 e. The lowest BCUT2D eigenvalue weighted by molar-refractivity contribution is -0.139. The Bertz CT molecular complexity index is 521. The number of benzene rings is 1. The van der Waals surface area contributed by atoms with E-state index in [-0.39, 0.29) is 23.8 Å². The van der Waals surface area contributed by atoms with E-state index < -0.39 is 18.5 Å². The number of carbonyl (C=O) groups is 3. The number of amides is 2. The van der Waals surface area contributed by atoms with Crippen molar-refractivity contribution in [2.75, 3.05) is 23.4 Å². The van der Waals surface area contributed by atoms with E-state index in [4.69, 9.17) is 15.6 Å². The molecule has 0 aliphatic heterocycles. The third kappa shape index (κ3) is 7.21. The number of nitrogens with two attached hydrogens (primary N) is 1. The molecule has 0 saturated carbocycles. The second kappa shape index (κ2) is 8.85. The van der Waals surface area contributed by atoms with Crippen LogP contribution in [0.25, 0.3) is 0 Å². The van der Waals surface area contributed by atoms with E-state index in [9.17, 15) is 14.4 Å². The molecule has 114 valence electrons. The van der Waals surface area contributed by atoms with Gasteiger partial charge in [-0.3, -0.25) is 9.59 Å². The summed E-state index contributed by atoms with van der Waals surface area (Å²) in [6.07, 6.45) is 0.214. The highest BCUT2D eigenvalue weighted by molar-refractivity contribution is 7.99. The first kappa shape index (κ1) is 16.8. The van der Waals surface area contributed by atoms with E-state index in [0.29, 0.717) is 11.4 Å². The van der Waals surface area contributed by atoms with Gasteiger partial charge in [0.1, 0.15) is 5.75 Å². The van der Waals surface area contributed by atoms with Crippen LogP contribution in [0.1, 0.15) is 6.42 Å². The first-order valence-electron chi connectivity index (χ1n) is 6.08. The molecule has 0 aliphatic carbocycles. The molecule has 7 nitrogen and oxygen atoms in total. The van der Waals surface area contributed by atoms with Crippen LogP contribution in [-0.4, -0.2) is 41.0 Å². The number of nitrogens with one attached hydrogen (secondary N) is 1. The molecule has 1 aromatic rings. The number of hydrogen-bond donors (Lipinski definition) is 3. The molecule has 0 atom stereocenters. The van der Waals surface area contributed by atoms with Crippen LogP contribution in [0.4, 0.5) is 5.69 Å². The average molecular weight is 312 g/mol. The molecule has 8 heteroatoms. The summed E-state index contributed by atoms with van der Waals surface area (Å²) in [6.45, 7) is -0.485. The second-order valence-corrected chi connectivity index (χ2v) is 5.10. The summed E-state index contributed by atoms with van der Waals surface area (Å²) >= 11 is 1.27. The van der Waals surface area contributed by atoms with Crippen LogP contribution in [0.15, 0.2) is 24.3 Å². The largest absolute Gasteiger partial charge is 0.480 e. The number of thioether (sulfide) groups is 1. The topological polar surface area (TPSA) is 119 Å². The van der Waals surface area contributed by atoms with E-state index >= 15 is 0 Å². The third-order valence-corrected chi connectivity index (χ3v) is 3.21. The van der Waals surface area contributed by atoms with Crippen molar-refractivity contribution in [1.82, 2.24) is 0 Å². The van der Waals surface area contributed by atoms with Gasteiger partial charge in [-0.2, -0.15) is 11.8 Å². The lowest BCUT2D eigenvalue weighted by Gasteiger charge is -2.11. The van der Waals surface area contributed by atoms with Crippen molar-refractivity contribution in [3.63, 3.8) is 0 Å². The molecule has 1 aromatic carbocycles. The van der Waals surface area contributed by atoms with Crippen molar-refractivity contribution in [1.29, 1.82) is 0 Å². The standard InChI is InChI=1S/C13H16N2O5S/c14-11(16)8-21-6-5-12(17)15-9-3-1-2-4-10(9)20-7-13(18)19/h1-4H,5-8H2,(H2,14,16)(H,15,17)(H,18,19). The highest BCUT2D eigenvalue weighted by Crippen LogP contribution is 2.23. The van der Waals surface area contributed by atoms with Crippen molar-refractivity contribution in [3.05, 3.63) is 24.3 Å². The highest BCUT2D eigenvalue weighted by atomic mass is 32.2. The number of primary amides is 1. The number of carboxylic acids is 1. The Morgan fingerprint density at radius 1 is 1.29 bits per heavy atom. The molecular formula is C13H16N2O5S. The lowest BCUT2D eigenvalue weighted by atomic mass is 10.3. The zero-order valence-electron chi connectivity index (χ0n) is 11.2. The zero-order valence-corrected chi connectivity index (χ0v) is 12.0. The van der Waals surface area contributed by atoms with E-state index in [0.717, 1.165) is 0 Å². The van der Waals surface area contributed by atoms with Crippen molar-refractivity contribution in [2.45, 2.75) is 6.42 Å². The summed E-state index contributed by atoms with van der Waals surface area (Å²) in [5.74, 6) is -0.846. The summed E-state index contributed by atoms with van der Waals surface area (Å²) < 4.78 is 5.08. The lowest BCUT2D eigenvalue weighted by Crippen LogP contribution is -2.16. The summed E-state index contributed by atoms with van der Waals surface area (Å²) in [6, 6.07) is 6.56. The molecule has 0 bridgehead atoms. The first-order chi connectivity index (χ1) is 9.99. The maximum atomic E-state index is 11.7. The predicted octanol–water partition coefficient (Wildman–Crippen LogP) is 0.697. The number of rotatable bonds is 9. The van der Waals surface area contributed by atoms with Crippen LogP contribution in [0.5, 0.6) is 5.75 Å². The number of hydrogen-bond acceptors (Lipinski definition) is 5. The number of ether oxygens (including phenoxy) is 1. The number of aliphatic carboxylic acids is 1. The molecule has 1 rings (SSSR count). The van der Waals surface area contributed by atoms with Crippen LogP contribution < -0.4 is 15.8 Å². The van der Waals surface area contributed by atoms with Gasteiger partial charge in [0.25, 0.3) is 0 Å². The molecule has 0 saturated heterocycles. The first-order valence-corrected chi connectivity index (χ1v) is 7.24. The SMILES string of the molecule is NC(=O)CSCCC(=O)Nc1ccccc1OCC(=O)O. The van der Waals surface area contributed by atoms with E-state index in [2.05, 4.69) is 5.32 Å². The van der Waals surface area contributed by atoms with E-state index in [1.165, 1.54) is 11.8 Å².